The Balaban J connectivity index is 1.54. The maximum Gasteiger partial charge on any atom is 0.0531 e. The summed E-state index contributed by atoms with van der Waals surface area (Å²) in [6.07, 6.45) is 4.80. The average molecular weight is 291 g/mol. The molecule has 1 heteroatoms. The molecule has 0 heterocycles. The van der Waals surface area contributed by atoms with Crippen molar-refractivity contribution in [1.82, 2.24) is 0 Å². The van der Waals surface area contributed by atoms with E-state index in [1.165, 1.54) is 29.2 Å². The quantitative estimate of drug-likeness (QED) is 0.663. The highest BCUT2D eigenvalue weighted by Crippen LogP contribution is 2.61. The van der Waals surface area contributed by atoms with Crippen LogP contribution >= 0.6 is 0 Å². The predicted octanol–water partition coefficient (Wildman–Crippen LogP) is 5.33. The number of hydrogen-bond acceptors (Lipinski definition) is 1. The Morgan fingerprint density at radius 1 is 1.05 bits per heavy atom. The minimum atomic E-state index is 0.517. The van der Waals surface area contributed by atoms with E-state index < -0.39 is 0 Å². The highest BCUT2D eigenvalue weighted by Gasteiger charge is 2.56. The largest absolute Gasteiger partial charge is 0.289 e. The van der Waals surface area contributed by atoms with Gasteiger partial charge in [-0.05, 0) is 58.4 Å². The lowest BCUT2D eigenvalue weighted by molar-refractivity contribution is -0.108. The van der Waals surface area contributed by atoms with Crippen molar-refractivity contribution in [2.45, 2.75) is 39.7 Å². The summed E-state index contributed by atoms with van der Waals surface area (Å²) in [5.74, 6) is 2.47. The molecule has 3 aliphatic carbocycles. The van der Waals surface area contributed by atoms with Gasteiger partial charge in [0.05, 0.1) is 6.04 Å². The Bertz CT molecular complexity index is 728. The zero-order valence-corrected chi connectivity index (χ0v) is 13.8. The second-order valence-electron chi connectivity index (χ2n) is 7.91. The van der Waals surface area contributed by atoms with Gasteiger partial charge in [-0.25, -0.2) is 0 Å². The minimum absolute atomic E-state index is 0.517. The summed E-state index contributed by atoms with van der Waals surface area (Å²) in [5.41, 5.74) is 1.78. The van der Waals surface area contributed by atoms with Gasteiger partial charge < -0.3 is 0 Å². The maximum absolute atomic E-state index is 4.96. The molecule has 3 saturated carbocycles. The molecule has 5 rings (SSSR count). The van der Waals surface area contributed by atoms with E-state index in [9.17, 15) is 0 Å². The first-order valence-corrected chi connectivity index (χ1v) is 8.57. The summed E-state index contributed by atoms with van der Waals surface area (Å²) >= 11 is 0. The summed E-state index contributed by atoms with van der Waals surface area (Å²) in [6.45, 7) is 7.31. The molecular formula is C21H25N. The van der Waals surface area contributed by atoms with Gasteiger partial charge in [-0.3, -0.25) is 4.99 Å². The van der Waals surface area contributed by atoms with Crippen molar-refractivity contribution in [3.63, 3.8) is 0 Å². The van der Waals surface area contributed by atoms with Gasteiger partial charge in [0, 0.05) is 6.21 Å². The summed E-state index contributed by atoms with van der Waals surface area (Å²) in [4.78, 5) is 4.96. The lowest BCUT2D eigenvalue weighted by Gasteiger charge is -2.61. The molecule has 0 aromatic heterocycles. The van der Waals surface area contributed by atoms with Crippen LogP contribution in [0.2, 0.25) is 0 Å². The van der Waals surface area contributed by atoms with Crippen LogP contribution < -0.4 is 0 Å². The van der Waals surface area contributed by atoms with Crippen LogP contribution in [0.5, 0.6) is 0 Å². The van der Waals surface area contributed by atoms with Gasteiger partial charge in [-0.1, -0.05) is 57.2 Å². The third-order valence-electron chi connectivity index (χ3n) is 6.50. The monoisotopic (exact) mass is 291 g/mol. The van der Waals surface area contributed by atoms with Gasteiger partial charge in [0.1, 0.15) is 0 Å². The summed E-state index contributed by atoms with van der Waals surface area (Å²) in [5, 5.41) is 2.60. The molecule has 3 fully saturated rings. The fraction of sp³-hybridized carbons (Fsp3) is 0.476. The van der Waals surface area contributed by atoms with Crippen molar-refractivity contribution in [2.75, 3.05) is 0 Å². The fourth-order valence-corrected chi connectivity index (χ4v) is 4.79. The lowest BCUT2D eigenvalue weighted by Crippen LogP contribution is -2.56. The Kier molecular flexibility index (Phi) is 3.14. The zero-order chi connectivity index (χ0) is 15.3. The van der Waals surface area contributed by atoms with E-state index >= 15 is 0 Å². The molecule has 4 atom stereocenters. The van der Waals surface area contributed by atoms with Crippen molar-refractivity contribution < 1.29 is 0 Å². The van der Waals surface area contributed by atoms with Gasteiger partial charge in [-0.2, -0.15) is 0 Å². The topological polar surface area (TPSA) is 12.4 Å². The van der Waals surface area contributed by atoms with Gasteiger partial charge in [0.25, 0.3) is 0 Å². The molecule has 0 unspecified atom stereocenters. The zero-order valence-electron chi connectivity index (χ0n) is 13.8. The summed E-state index contributed by atoms with van der Waals surface area (Å²) in [7, 11) is 0. The van der Waals surface area contributed by atoms with Gasteiger partial charge in [-0.15, -0.1) is 0 Å². The SMILES string of the molecule is C[C@@H]1[C@@H](N=Cc2ccc3ccccc3c2)C[C@H]2C[C@@H]1C2(C)C. The molecular weight excluding hydrogens is 266 g/mol. The first-order valence-electron chi connectivity index (χ1n) is 8.57. The summed E-state index contributed by atoms with van der Waals surface area (Å²) in [6, 6.07) is 15.7. The average Bonchev–Trinajstić information content (AvgIpc) is 2.53. The van der Waals surface area contributed by atoms with Crippen molar-refractivity contribution in [2.24, 2.45) is 28.2 Å². The molecule has 0 radical (unpaired) electrons. The minimum Gasteiger partial charge on any atom is -0.289 e. The number of aliphatic imine (C=N–C) groups is 1. The van der Waals surface area contributed by atoms with Gasteiger partial charge in [0.2, 0.25) is 0 Å². The van der Waals surface area contributed by atoms with Crippen molar-refractivity contribution >= 4 is 17.0 Å². The Labute approximate surface area is 133 Å². The van der Waals surface area contributed by atoms with Crippen LogP contribution in [0.1, 0.15) is 39.2 Å². The van der Waals surface area contributed by atoms with E-state index in [-0.39, 0.29) is 0 Å². The van der Waals surface area contributed by atoms with E-state index in [0.29, 0.717) is 11.5 Å². The van der Waals surface area contributed by atoms with Crippen LogP contribution in [0.15, 0.2) is 47.5 Å². The Morgan fingerprint density at radius 3 is 2.55 bits per heavy atom. The van der Waals surface area contributed by atoms with Crippen molar-refractivity contribution in [1.29, 1.82) is 0 Å². The van der Waals surface area contributed by atoms with Crippen LogP contribution in [-0.4, -0.2) is 12.3 Å². The first-order chi connectivity index (χ1) is 10.6. The molecule has 0 spiro atoms. The Hall–Kier alpha value is -1.63. The standard InChI is InChI=1S/C21H25N/c1-14-19-11-18(21(19,2)3)12-20(14)22-13-15-8-9-16-6-4-5-7-17(16)10-15/h4-10,13-14,18-20H,11-12H2,1-3H3/t14-,18+,19-,20-/m0/s1. The van der Waals surface area contributed by atoms with Crippen LogP contribution in [0, 0.1) is 23.2 Å². The number of nitrogens with zero attached hydrogens (tertiary/aromatic N) is 1. The van der Waals surface area contributed by atoms with E-state index in [0.717, 1.165) is 17.8 Å². The van der Waals surface area contributed by atoms with E-state index in [4.69, 9.17) is 4.99 Å². The molecule has 2 aromatic carbocycles. The number of benzene rings is 2. The molecule has 0 N–H and O–H groups in total. The van der Waals surface area contributed by atoms with Crippen LogP contribution in [0.4, 0.5) is 0 Å². The molecule has 2 aromatic rings. The highest BCUT2D eigenvalue weighted by molar-refractivity contribution is 5.90. The Morgan fingerprint density at radius 2 is 1.82 bits per heavy atom. The molecule has 2 bridgehead atoms. The van der Waals surface area contributed by atoms with Crippen LogP contribution in [0.3, 0.4) is 0 Å². The highest BCUT2D eigenvalue weighted by atomic mass is 14.8. The van der Waals surface area contributed by atoms with Crippen LogP contribution in [-0.2, 0) is 0 Å². The molecule has 0 amide bonds. The molecule has 114 valence electrons. The second-order valence-corrected chi connectivity index (χ2v) is 7.91. The van der Waals surface area contributed by atoms with E-state index in [1.54, 1.807) is 0 Å². The molecule has 3 aliphatic rings. The normalized spacial score (nSPS) is 33.0. The maximum atomic E-state index is 4.96. The number of fused-ring (bicyclic) bond motifs is 3. The smallest absolute Gasteiger partial charge is 0.0531 e. The predicted molar refractivity (Wildman–Crippen MR) is 94.5 cm³/mol. The molecule has 1 nitrogen and oxygen atoms in total. The van der Waals surface area contributed by atoms with Gasteiger partial charge in [0.15, 0.2) is 0 Å². The number of hydrogen-bond donors (Lipinski definition) is 0. The first kappa shape index (κ1) is 14.0. The van der Waals surface area contributed by atoms with E-state index in [1.807, 2.05) is 0 Å². The third-order valence-corrected chi connectivity index (χ3v) is 6.50. The fourth-order valence-electron chi connectivity index (χ4n) is 4.79. The summed E-state index contributed by atoms with van der Waals surface area (Å²) < 4.78 is 0. The van der Waals surface area contributed by atoms with Gasteiger partial charge >= 0.3 is 0 Å². The van der Waals surface area contributed by atoms with Crippen molar-refractivity contribution in [3.05, 3.63) is 48.0 Å². The molecule has 0 saturated heterocycles. The van der Waals surface area contributed by atoms with Crippen molar-refractivity contribution in [3.8, 4) is 0 Å². The van der Waals surface area contributed by atoms with E-state index in [2.05, 4.69) is 69.5 Å². The number of rotatable bonds is 2. The van der Waals surface area contributed by atoms with Crippen LogP contribution in [0.25, 0.3) is 10.8 Å². The third kappa shape index (κ3) is 2.10. The molecule has 0 aliphatic heterocycles. The molecule has 22 heavy (non-hydrogen) atoms. The lowest BCUT2D eigenvalue weighted by atomic mass is 9.45. The second kappa shape index (κ2) is 4.94.